The van der Waals surface area contributed by atoms with Crippen LogP contribution in [0.3, 0.4) is 0 Å². The van der Waals surface area contributed by atoms with Gasteiger partial charge in [-0.2, -0.15) is 0 Å². The molecule has 2 aromatic carbocycles. The lowest BCUT2D eigenvalue weighted by molar-refractivity contribution is -0.189. The van der Waals surface area contributed by atoms with Gasteiger partial charge < -0.3 is 28.8 Å². The molecule has 38 heavy (non-hydrogen) atoms. The van der Waals surface area contributed by atoms with E-state index in [0.29, 0.717) is 41.9 Å². The molecule has 3 heterocycles. The van der Waals surface area contributed by atoms with Crippen LogP contribution in [0.15, 0.2) is 61.2 Å². The van der Waals surface area contributed by atoms with Crippen LogP contribution in [0.25, 0.3) is 0 Å². The minimum Gasteiger partial charge on any atom is -0.491 e. The van der Waals surface area contributed by atoms with Crippen LogP contribution in [0.4, 0.5) is 5.69 Å². The van der Waals surface area contributed by atoms with E-state index in [1.807, 2.05) is 41.1 Å². The molecule has 5 rings (SSSR count). The minimum absolute atomic E-state index is 0.180. The molecule has 2 aliphatic heterocycles. The molecular weight excluding hydrogens is 531 g/mol. The normalized spacial score (nSPS) is 22.1. The van der Waals surface area contributed by atoms with Gasteiger partial charge in [-0.05, 0) is 36.4 Å². The Morgan fingerprint density at radius 1 is 1.13 bits per heavy atom. The number of carboxylic acid groups (broad SMARTS) is 1. The fraction of sp³-hybridized carbons (Fsp3) is 0.407. The number of rotatable bonds is 10. The zero-order chi connectivity index (χ0) is 26.5. The molecule has 1 aromatic heterocycles. The van der Waals surface area contributed by atoms with Gasteiger partial charge in [0.15, 0.2) is 0 Å². The lowest BCUT2D eigenvalue weighted by Crippen LogP contribution is -2.46. The predicted octanol–water partition coefficient (Wildman–Crippen LogP) is 4.13. The highest BCUT2D eigenvalue weighted by molar-refractivity contribution is 6.35. The molecule has 2 saturated heterocycles. The summed E-state index contributed by atoms with van der Waals surface area (Å²) in [6.45, 7) is 5.06. The van der Waals surface area contributed by atoms with Crippen LogP contribution in [0.1, 0.15) is 12.0 Å². The van der Waals surface area contributed by atoms with Crippen molar-refractivity contribution in [1.29, 1.82) is 0 Å². The summed E-state index contributed by atoms with van der Waals surface area (Å²) in [6.07, 6.45) is 5.14. The molecule has 1 N–H and O–H groups in total. The maximum atomic E-state index is 10.8. The Hall–Kier alpha value is -2.82. The molecule has 2 unspecified atom stereocenters. The molecule has 0 radical (unpaired) electrons. The number of hydrogen-bond donors (Lipinski definition) is 1. The number of halogens is 2. The van der Waals surface area contributed by atoms with Crippen molar-refractivity contribution in [1.82, 2.24) is 14.5 Å². The Morgan fingerprint density at radius 3 is 2.61 bits per heavy atom. The fourth-order valence-corrected chi connectivity index (χ4v) is 5.35. The number of carbonyl (C=O) groups is 1. The Balaban J connectivity index is 1.17. The van der Waals surface area contributed by atoms with E-state index >= 15 is 0 Å². The zero-order valence-corrected chi connectivity index (χ0v) is 22.4. The van der Waals surface area contributed by atoms with Crippen LogP contribution in [-0.4, -0.2) is 77.6 Å². The molecule has 2 fully saturated rings. The quantitative estimate of drug-likeness (QED) is 0.396. The first-order chi connectivity index (χ1) is 18.4. The third-order valence-corrected chi connectivity index (χ3v) is 7.35. The number of aliphatic carboxylic acids is 1. The fourth-order valence-electron chi connectivity index (χ4n) is 4.80. The van der Waals surface area contributed by atoms with Crippen LogP contribution in [0.5, 0.6) is 5.75 Å². The van der Waals surface area contributed by atoms with Gasteiger partial charge in [-0.15, -0.1) is 0 Å². The van der Waals surface area contributed by atoms with Crippen molar-refractivity contribution in [3.05, 3.63) is 76.8 Å². The van der Waals surface area contributed by atoms with Crippen molar-refractivity contribution in [3.63, 3.8) is 0 Å². The molecule has 9 nitrogen and oxygen atoms in total. The highest BCUT2D eigenvalue weighted by Gasteiger charge is 2.45. The average Bonchev–Trinajstić information content (AvgIpc) is 3.57. The Bertz CT molecular complexity index is 1220. The molecule has 0 aliphatic carbocycles. The summed E-state index contributed by atoms with van der Waals surface area (Å²) in [6, 6.07) is 13.3. The van der Waals surface area contributed by atoms with Crippen molar-refractivity contribution >= 4 is 34.9 Å². The number of hydrogen-bond acceptors (Lipinski definition) is 7. The second-order valence-electron chi connectivity index (χ2n) is 9.44. The smallest absolute Gasteiger partial charge is 0.304 e. The Kier molecular flexibility index (Phi) is 8.40. The molecule has 0 saturated carbocycles. The van der Waals surface area contributed by atoms with Crippen molar-refractivity contribution in [2.45, 2.75) is 24.9 Å². The first-order valence-corrected chi connectivity index (χ1v) is 13.3. The van der Waals surface area contributed by atoms with E-state index in [0.717, 1.165) is 37.6 Å². The van der Waals surface area contributed by atoms with Gasteiger partial charge in [0.25, 0.3) is 0 Å². The van der Waals surface area contributed by atoms with Crippen LogP contribution < -0.4 is 9.64 Å². The molecular formula is C27H30Cl2N4O5. The number of piperazine rings is 1. The molecule has 0 amide bonds. The second kappa shape index (κ2) is 11.9. The van der Waals surface area contributed by atoms with Crippen molar-refractivity contribution in [2.75, 3.05) is 50.8 Å². The summed E-state index contributed by atoms with van der Waals surface area (Å²) >= 11 is 12.7. The van der Waals surface area contributed by atoms with E-state index in [-0.39, 0.29) is 12.5 Å². The number of anilines is 1. The number of imidazole rings is 1. The van der Waals surface area contributed by atoms with E-state index < -0.39 is 11.8 Å². The third kappa shape index (κ3) is 6.42. The molecule has 3 aromatic rings. The first kappa shape index (κ1) is 26.8. The molecule has 0 spiro atoms. The summed E-state index contributed by atoms with van der Waals surface area (Å²) < 4.78 is 20.6. The van der Waals surface area contributed by atoms with Crippen LogP contribution in [0, 0.1) is 0 Å². The van der Waals surface area contributed by atoms with Gasteiger partial charge >= 0.3 is 5.97 Å². The maximum absolute atomic E-state index is 10.8. The van der Waals surface area contributed by atoms with Crippen LogP contribution in [0.2, 0.25) is 10.0 Å². The van der Waals surface area contributed by atoms with Gasteiger partial charge in [-0.1, -0.05) is 29.3 Å². The molecule has 202 valence electrons. The summed E-state index contributed by atoms with van der Waals surface area (Å²) in [5.41, 5.74) is 1.82. The summed E-state index contributed by atoms with van der Waals surface area (Å²) in [4.78, 5) is 19.4. The predicted molar refractivity (Wildman–Crippen MR) is 144 cm³/mol. The SMILES string of the molecule is O=C(O)CCN1CCN(c2ccc(OCC3COC(Cn4ccnc4)(c4ccc(Cl)cc4Cl)O3)cc2)CC1. The Morgan fingerprint density at radius 2 is 1.92 bits per heavy atom. The monoisotopic (exact) mass is 560 g/mol. The summed E-state index contributed by atoms with van der Waals surface area (Å²) in [5.74, 6) is -1.10. The van der Waals surface area contributed by atoms with E-state index in [9.17, 15) is 4.79 Å². The molecule has 2 aliphatic rings. The number of benzene rings is 2. The lowest BCUT2D eigenvalue weighted by atomic mass is 10.1. The van der Waals surface area contributed by atoms with Crippen LogP contribution in [-0.2, 0) is 26.6 Å². The van der Waals surface area contributed by atoms with Gasteiger partial charge in [0.1, 0.15) is 18.5 Å². The highest BCUT2D eigenvalue weighted by Crippen LogP contribution is 2.40. The summed E-state index contributed by atoms with van der Waals surface area (Å²) in [7, 11) is 0. The van der Waals surface area contributed by atoms with E-state index in [2.05, 4.69) is 14.8 Å². The second-order valence-corrected chi connectivity index (χ2v) is 10.3. The third-order valence-electron chi connectivity index (χ3n) is 6.80. The number of nitrogens with zero attached hydrogens (tertiary/aromatic N) is 4. The molecule has 2 atom stereocenters. The number of aromatic nitrogens is 2. The Labute approximate surface area is 231 Å². The number of carboxylic acids is 1. The van der Waals surface area contributed by atoms with E-state index in [4.69, 9.17) is 42.5 Å². The zero-order valence-electron chi connectivity index (χ0n) is 20.8. The van der Waals surface area contributed by atoms with Gasteiger partial charge in [-0.3, -0.25) is 9.69 Å². The maximum Gasteiger partial charge on any atom is 0.304 e. The number of ether oxygens (including phenoxy) is 3. The van der Waals surface area contributed by atoms with Gasteiger partial charge in [-0.25, -0.2) is 4.98 Å². The van der Waals surface area contributed by atoms with Gasteiger partial charge in [0.2, 0.25) is 5.79 Å². The van der Waals surface area contributed by atoms with E-state index in [1.54, 1.807) is 24.7 Å². The van der Waals surface area contributed by atoms with E-state index in [1.165, 1.54) is 0 Å². The van der Waals surface area contributed by atoms with Crippen LogP contribution >= 0.6 is 23.2 Å². The van der Waals surface area contributed by atoms with Crippen molar-refractivity contribution in [3.8, 4) is 5.75 Å². The minimum atomic E-state index is -1.09. The van der Waals surface area contributed by atoms with Crippen molar-refractivity contribution < 1.29 is 24.1 Å². The highest BCUT2D eigenvalue weighted by atomic mass is 35.5. The van der Waals surface area contributed by atoms with Gasteiger partial charge in [0.05, 0.1) is 30.9 Å². The average molecular weight is 561 g/mol. The molecule has 0 bridgehead atoms. The largest absolute Gasteiger partial charge is 0.491 e. The first-order valence-electron chi connectivity index (χ1n) is 12.6. The van der Waals surface area contributed by atoms with Gasteiger partial charge in [0, 0.05) is 61.4 Å². The standard InChI is InChI=1S/C27H30Cl2N4O5/c28-20-1-6-24(25(29)15-20)27(18-32-10-8-30-19-32)37-17-23(38-27)16-36-22-4-2-21(3-5-22)33-13-11-31(12-14-33)9-7-26(34)35/h1-6,8,10,15,19,23H,7,9,11-14,16-18H2,(H,34,35). The van der Waals surface area contributed by atoms with Crippen molar-refractivity contribution in [2.24, 2.45) is 0 Å². The molecule has 11 heteroatoms. The topological polar surface area (TPSA) is 89.3 Å². The lowest BCUT2D eigenvalue weighted by Gasteiger charge is -2.35. The summed E-state index contributed by atoms with van der Waals surface area (Å²) in [5, 5.41) is 9.90.